The number of para-hydroxylation sites is 1. The molecule has 0 unspecified atom stereocenters. The van der Waals surface area contributed by atoms with E-state index in [2.05, 4.69) is 15.5 Å². The van der Waals surface area contributed by atoms with E-state index in [1.54, 1.807) is 30.2 Å². The predicted molar refractivity (Wildman–Crippen MR) is 100 cm³/mol. The molecule has 2 aliphatic rings. The van der Waals surface area contributed by atoms with Crippen LogP contribution in [0.1, 0.15) is 43.8 Å². The van der Waals surface area contributed by atoms with Crippen LogP contribution in [0.2, 0.25) is 0 Å². The van der Waals surface area contributed by atoms with Crippen LogP contribution in [0.4, 0.5) is 14.9 Å². The Hall–Kier alpha value is -2.48. The fourth-order valence-electron chi connectivity index (χ4n) is 3.94. The highest BCUT2D eigenvalue weighted by Crippen LogP contribution is 2.46. The quantitative estimate of drug-likeness (QED) is 0.816. The number of hydrogen-bond acceptors (Lipinski definition) is 5. The van der Waals surface area contributed by atoms with Crippen LogP contribution in [-0.4, -0.2) is 41.3 Å². The third-order valence-corrected chi connectivity index (χ3v) is 5.71. The number of ether oxygens (including phenoxy) is 1. The lowest BCUT2D eigenvalue weighted by Gasteiger charge is -2.40. The number of aromatic nitrogens is 2. The summed E-state index contributed by atoms with van der Waals surface area (Å²) < 4.78 is 24.2. The Morgan fingerprint density at radius 2 is 2.11 bits per heavy atom. The van der Waals surface area contributed by atoms with E-state index in [4.69, 9.17) is 9.26 Å². The number of nitrogens with one attached hydrogen (secondary N) is 1. The first-order valence-corrected chi connectivity index (χ1v) is 9.72. The Balaban J connectivity index is 1.44. The lowest BCUT2D eigenvalue weighted by molar-refractivity contribution is 0.148. The van der Waals surface area contributed by atoms with Gasteiger partial charge in [0.25, 0.3) is 5.89 Å². The molecule has 0 atom stereocenters. The molecule has 1 saturated heterocycles. The normalized spacial score (nSPS) is 18.9. The number of benzene rings is 1. The molecule has 1 aromatic carbocycles. The summed E-state index contributed by atoms with van der Waals surface area (Å²) in [4.78, 5) is 18.9. The van der Waals surface area contributed by atoms with Gasteiger partial charge < -0.3 is 19.5 Å². The number of amides is 2. The van der Waals surface area contributed by atoms with Crippen molar-refractivity contribution >= 4 is 11.7 Å². The van der Waals surface area contributed by atoms with Crippen LogP contribution in [0.3, 0.4) is 0 Å². The predicted octanol–water partition coefficient (Wildman–Crippen LogP) is 3.72. The van der Waals surface area contributed by atoms with Gasteiger partial charge in [-0.05, 0) is 37.3 Å². The molecule has 0 spiro atoms. The van der Waals surface area contributed by atoms with Crippen molar-refractivity contribution in [3.63, 3.8) is 0 Å². The van der Waals surface area contributed by atoms with Crippen molar-refractivity contribution in [2.45, 2.75) is 44.1 Å². The van der Waals surface area contributed by atoms with Crippen molar-refractivity contribution in [1.82, 2.24) is 15.0 Å². The molecule has 2 heterocycles. The number of carbonyl (C=O) groups is 1. The molecular formula is C20H25FN4O3. The maximum absolute atomic E-state index is 13.8. The van der Waals surface area contributed by atoms with E-state index in [0.717, 1.165) is 25.1 Å². The van der Waals surface area contributed by atoms with Crippen LogP contribution in [0.5, 0.6) is 0 Å². The molecule has 0 bridgehead atoms. The smallest absolute Gasteiger partial charge is 0.321 e. The van der Waals surface area contributed by atoms with Crippen LogP contribution in [-0.2, 0) is 16.8 Å². The Bertz CT molecular complexity index is 828. The number of methoxy groups -OCH3 is 1. The molecule has 4 rings (SSSR count). The second-order valence-corrected chi connectivity index (χ2v) is 7.77. The SMILES string of the molecule is COCc1nc(C2(CC3CC3)CCN(C(=O)Nc3ccccc3F)CC2)no1. The summed E-state index contributed by atoms with van der Waals surface area (Å²) in [6, 6.07) is 5.91. The lowest BCUT2D eigenvalue weighted by Crippen LogP contribution is -2.47. The Kier molecular flexibility index (Phi) is 5.30. The zero-order chi connectivity index (χ0) is 19.6. The minimum Gasteiger partial charge on any atom is -0.375 e. The zero-order valence-electron chi connectivity index (χ0n) is 16.0. The van der Waals surface area contributed by atoms with Crippen molar-refractivity contribution in [3.8, 4) is 0 Å². The highest BCUT2D eigenvalue weighted by molar-refractivity contribution is 5.89. The second kappa shape index (κ2) is 7.87. The summed E-state index contributed by atoms with van der Waals surface area (Å²) in [5.74, 6) is 1.46. The van der Waals surface area contributed by atoms with Gasteiger partial charge in [0.1, 0.15) is 12.4 Å². The van der Waals surface area contributed by atoms with E-state index in [-0.39, 0.29) is 17.1 Å². The standard InChI is InChI=1S/C20H25FN4O3/c1-27-13-17-23-18(24-28-17)20(12-14-6-7-14)8-10-25(11-9-20)19(26)22-16-5-3-2-4-15(16)21/h2-5,14H,6-13H2,1H3,(H,22,26). The lowest BCUT2D eigenvalue weighted by atomic mass is 9.73. The summed E-state index contributed by atoms with van der Waals surface area (Å²) >= 11 is 0. The fourth-order valence-corrected chi connectivity index (χ4v) is 3.94. The molecule has 1 aliphatic heterocycles. The summed E-state index contributed by atoms with van der Waals surface area (Å²) in [5.41, 5.74) is 0.0236. The number of halogens is 1. The van der Waals surface area contributed by atoms with E-state index in [0.29, 0.717) is 31.5 Å². The monoisotopic (exact) mass is 388 g/mol. The van der Waals surface area contributed by atoms with Gasteiger partial charge in [0.05, 0.1) is 5.69 Å². The van der Waals surface area contributed by atoms with Gasteiger partial charge >= 0.3 is 6.03 Å². The highest BCUT2D eigenvalue weighted by atomic mass is 19.1. The molecule has 7 nitrogen and oxygen atoms in total. The van der Waals surface area contributed by atoms with Crippen LogP contribution in [0, 0.1) is 11.7 Å². The largest absolute Gasteiger partial charge is 0.375 e. The minimum atomic E-state index is -0.437. The number of rotatable bonds is 6. The molecule has 2 fully saturated rings. The molecule has 2 amide bonds. The van der Waals surface area contributed by atoms with E-state index in [9.17, 15) is 9.18 Å². The van der Waals surface area contributed by atoms with E-state index in [1.165, 1.54) is 18.9 Å². The molecule has 1 aliphatic carbocycles. The van der Waals surface area contributed by atoms with Crippen LogP contribution < -0.4 is 5.32 Å². The highest BCUT2D eigenvalue weighted by Gasteiger charge is 2.44. The van der Waals surface area contributed by atoms with Crippen molar-refractivity contribution in [2.75, 3.05) is 25.5 Å². The number of anilines is 1. The Labute approximate surface area is 163 Å². The Morgan fingerprint density at radius 3 is 2.79 bits per heavy atom. The summed E-state index contributed by atoms with van der Waals surface area (Å²) in [7, 11) is 1.59. The number of hydrogen-bond donors (Lipinski definition) is 1. The molecular weight excluding hydrogens is 363 g/mol. The fraction of sp³-hybridized carbons (Fsp3) is 0.550. The zero-order valence-corrected chi connectivity index (χ0v) is 16.0. The maximum atomic E-state index is 13.8. The average molecular weight is 388 g/mol. The first kappa shape index (κ1) is 18.9. The molecule has 1 saturated carbocycles. The molecule has 1 N–H and O–H groups in total. The third-order valence-electron chi connectivity index (χ3n) is 5.71. The Morgan fingerprint density at radius 1 is 1.36 bits per heavy atom. The van der Waals surface area contributed by atoms with Crippen LogP contribution >= 0.6 is 0 Å². The van der Waals surface area contributed by atoms with Crippen molar-refractivity contribution in [1.29, 1.82) is 0 Å². The number of urea groups is 1. The van der Waals surface area contributed by atoms with Crippen molar-refractivity contribution in [2.24, 2.45) is 5.92 Å². The van der Waals surface area contributed by atoms with Gasteiger partial charge in [0, 0.05) is 25.6 Å². The number of piperidine rings is 1. The van der Waals surface area contributed by atoms with Gasteiger partial charge in [-0.25, -0.2) is 9.18 Å². The van der Waals surface area contributed by atoms with E-state index in [1.807, 2.05) is 0 Å². The van der Waals surface area contributed by atoms with Crippen molar-refractivity contribution in [3.05, 3.63) is 41.8 Å². The molecule has 2 aromatic rings. The first-order chi connectivity index (χ1) is 13.6. The number of carbonyl (C=O) groups excluding carboxylic acids is 1. The number of likely N-dealkylation sites (tertiary alicyclic amines) is 1. The van der Waals surface area contributed by atoms with Crippen molar-refractivity contribution < 1.29 is 18.4 Å². The average Bonchev–Trinajstić information content (AvgIpc) is 3.38. The van der Waals surface area contributed by atoms with Gasteiger partial charge in [0.2, 0.25) is 0 Å². The minimum absolute atomic E-state index is 0.175. The topological polar surface area (TPSA) is 80.5 Å². The molecule has 150 valence electrons. The summed E-state index contributed by atoms with van der Waals surface area (Å²) in [6.07, 6.45) is 5.02. The molecule has 8 heteroatoms. The summed E-state index contributed by atoms with van der Waals surface area (Å²) in [6.45, 7) is 1.44. The van der Waals surface area contributed by atoms with Gasteiger partial charge in [0.15, 0.2) is 5.82 Å². The van der Waals surface area contributed by atoms with Gasteiger partial charge in [-0.1, -0.05) is 30.1 Å². The first-order valence-electron chi connectivity index (χ1n) is 9.72. The second-order valence-electron chi connectivity index (χ2n) is 7.77. The molecule has 1 aromatic heterocycles. The van der Waals surface area contributed by atoms with Gasteiger partial charge in [-0.15, -0.1) is 0 Å². The third kappa shape index (κ3) is 4.01. The molecule has 28 heavy (non-hydrogen) atoms. The molecule has 0 radical (unpaired) electrons. The van der Waals surface area contributed by atoms with Gasteiger partial charge in [-0.3, -0.25) is 0 Å². The van der Waals surface area contributed by atoms with Crippen LogP contribution in [0.15, 0.2) is 28.8 Å². The van der Waals surface area contributed by atoms with E-state index >= 15 is 0 Å². The summed E-state index contributed by atoms with van der Waals surface area (Å²) in [5, 5.41) is 6.89. The van der Waals surface area contributed by atoms with Gasteiger partial charge in [-0.2, -0.15) is 4.98 Å². The van der Waals surface area contributed by atoms with E-state index < -0.39 is 5.82 Å². The maximum Gasteiger partial charge on any atom is 0.321 e. The number of nitrogens with zero attached hydrogens (tertiary/aromatic N) is 3. The van der Waals surface area contributed by atoms with Crippen LogP contribution in [0.25, 0.3) is 0 Å².